The van der Waals surface area contributed by atoms with E-state index < -0.39 is 0 Å². The molecule has 0 aromatic heterocycles. The molecule has 0 aromatic rings. The molecule has 2 unspecified atom stereocenters. The van der Waals surface area contributed by atoms with Crippen molar-refractivity contribution >= 4 is 0 Å². The molecule has 0 saturated heterocycles. The summed E-state index contributed by atoms with van der Waals surface area (Å²) in [6.07, 6.45) is 16.2. The van der Waals surface area contributed by atoms with E-state index in [1.165, 1.54) is 77.2 Å². The van der Waals surface area contributed by atoms with E-state index in [1.807, 2.05) is 0 Å². The lowest BCUT2D eigenvalue weighted by Gasteiger charge is -2.20. The first-order chi connectivity index (χ1) is 8.40. The van der Waals surface area contributed by atoms with Gasteiger partial charge in [-0.15, -0.1) is 0 Å². The van der Waals surface area contributed by atoms with Crippen molar-refractivity contribution in [2.24, 2.45) is 11.8 Å². The third-order valence-electron chi connectivity index (χ3n) is 4.74. The number of rotatable bonds is 9. The Bertz CT molecular complexity index is 198. The molecular weight excluding hydrogens is 206 g/mol. The summed E-state index contributed by atoms with van der Waals surface area (Å²) < 4.78 is 0. The Kier molecular flexibility index (Phi) is 5.84. The molecule has 100 valence electrons. The Morgan fingerprint density at radius 2 is 1.65 bits per heavy atom. The van der Waals surface area contributed by atoms with Crippen LogP contribution in [0.4, 0.5) is 0 Å². The average Bonchev–Trinajstić information content (AvgIpc) is 3.06. The molecule has 0 bridgehead atoms. The van der Waals surface area contributed by atoms with E-state index in [0.717, 1.165) is 17.9 Å². The van der Waals surface area contributed by atoms with Crippen molar-refractivity contribution in [2.45, 2.75) is 83.6 Å². The van der Waals surface area contributed by atoms with Gasteiger partial charge in [0, 0.05) is 6.04 Å². The second-order valence-corrected chi connectivity index (χ2v) is 6.34. The van der Waals surface area contributed by atoms with Gasteiger partial charge in [-0.05, 0) is 37.6 Å². The van der Waals surface area contributed by atoms with E-state index >= 15 is 0 Å². The Hall–Kier alpha value is -0.0400. The highest BCUT2D eigenvalue weighted by atomic mass is 14.9. The van der Waals surface area contributed by atoms with Gasteiger partial charge in [-0.25, -0.2) is 0 Å². The van der Waals surface area contributed by atoms with Gasteiger partial charge in [0.25, 0.3) is 0 Å². The molecule has 2 saturated carbocycles. The average molecular weight is 237 g/mol. The smallest absolute Gasteiger partial charge is 0.00683 e. The zero-order valence-corrected chi connectivity index (χ0v) is 11.7. The highest BCUT2D eigenvalue weighted by Gasteiger charge is 2.28. The minimum absolute atomic E-state index is 0.904. The standard InChI is InChI=1S/C16H31N/c1-2-3-4-5-6-8-14-9-7-10-15(14)13-17-16-11-12-16/h14-17H,2-13H2,1H3. The van der Waals surface area contributed by atoms with Gasteiger partial charge in [-0.2, -0.15) is 0 Å². The molecule has 0 spiro atoms. The minimum Gasteiger partial charge on any atom is -0.314 e. The second kappa shape index (κ2) is 7.41. The molecule has 0 aliphatic heterocycles. The predicted molar refractivity (Wildman–Crippen MR) is 75.2 cm³/mol. The van der Waals surface area contributed by atoms with Crippen LogP contribution in [0.5, 0.6) is 0 Å². The number of hydrogen-bond donors (Lipinski definition) is 1. The van der Waals surface area contributed by atoms with Gasteiger partial charge < -0.3 is 5.32 Å². The third-order valence-corrected chi connectivity index (χ3v) is 4.74. The summed E-state index contributed by atoms with van der Waals surface area (Å²) in [6, 6.07) is 0.904. The molecule has 0 heterocycles. The zero-order valence-electron chi connectivity index (χ0n) is 11.7. The lowest BCUT2D eigenvalue weighted by atomic mass is 9.90. The Morgan fingerprint density at radius 1 is 0.882 bits per heavy atom. The Morgan fingerprint density at radius 3 is 2.41 bits per heavy atom. The van der Waals surface area contributed by atoms with Crippen LogP contribution in [0.2, 0.25) is 0 Å². The summed E-state index contributed by atoms with van der Waals surface area (Å²) in [6.45, 7) is 3.63. The summed E-state index contributed by atoms with van der Waals surface area (Å²) >= 11 is 0. The quantitative estimate of drug-likeness (QED) is 0.582. The van der Waals surface area contributed by atoms with Crippen molar-refractivity contribution in [3.05, 3.63) is 0 Å². The molecule has 2 atom stereocenters. The first-order valence-corrected chi connectivity index (χ1v) is 8.13. The molecule has 2 rings (SSSR count). The summed E-state index contributed by atoms with van der Waals surface area (Å²) in [7, 11) is 0. The van der Waals surface area contributed by atoms with Crippen LogP contribution >= 0.6 is 0 Å². The second-order valence-electron chi connectivity index (χ2n) is 6.34. The van der Waals surface area contributed by atoms with Crippen LogP contribution in [-0.4, -0.2) is 12.6 Å². The van der Waals surface area contributed by atoms with Crippen molar-refractivity contribution in [1.29, 1.82) is 0 Å². The van der Waals surface area contributed by atoms with E-state index in [-0.39, 0.29) is 0 Å². The summed E-state index contributed by atoms with van der Waals surface area (Å²) in [5.74, 6) is 2.07. The van der Waals surface area contributed by atoms with Gasteiger partial charge in [-0.3, -0.25) is 0 Å². The van der Waals surface area contributed by atoms with E-state index in [0.29, 0.717) is 0 Å². The highest BCUT2D eigenvalue weighted by Crippen LogP contribution is 2.35. The molecule has 0 amide bonds. The Labute approximate surface area is 108 Å². The minimum atomic E-state index is 0.904. The van der Waals surface area contributed by atoms with Gasteiger partial charge in [0.1, 0.15) is 0 Å². The predicted octanol–water partition coefficient (Wildman–Crippen LogP) is 4.52. The number of unbranched alkanes of at least 4 members (excludes halogenated alkanes) is 4. The monoisotopic (exact) mass is 237 g/mol. The van der Waals surface area contributed by atoms with E-state index in [4.69, 9.17) is 0 Å². The van der Waals surface area contributed by atoms with Gasteiger partial charge in [0.15, 0.2) is 0 Å². The van der Waals surface area contributed by atoms with Gasteiger partial charge in [-0.1, -0.05) is 58.3 Å². The number of nitrogens with one attached hydrogen (secondary N) is 1. The molecule has 0 radical (unpaired) electrons. The normalized spacial score (nSPS) is 28.8. The van der Waals surface area contributed by atoms with Crippen molar-refractivity contribution in [3.63, 3.8) is 0 Å². The topological polar surface area (TPSA) is 12.0 Å². The van der Waals surface area contributed by atoms with Crippen LogP contribution in [0.1, 0.15) is 77.6 Å². The SMILES string of the molecule is CCCCCCCC1CCCC1CNC1CC1. The van der Waals surface area contributed by atoms with Crippen LogP contribution in [0.25, 0.3) is 0 Å². The van der Waals surface area contributed by atoms with Gasteiger partial charge >= 0.3 is 0 Å². The van der Waals surface area contributed by atoms with Crippen molar-refractivity contribution < 1.29 is 0 Å². The van der Waals surface area contributed by atoms with Crippen molar-refractivity contribution in [3.8, 4) is 0 Å². The maximum absolute atomic E-state index is 3.74. The molecule has 17 heavy (non-hydrogen) atoms. The molecule has 2 fully saturated rings. The first-order valence-electron chi connectivity index (χ1n) is 8.13. The molecule has 0 aromatic carbocycles. The summed E-state index contributed by atoms with van der Waals surface area (Å²) in [5.41, 5.74) is 0. The van der Waals surface area contributed by atoms with Crippen LogP contribution in [-0.2, 0) is 0 Å². The molecule has 1 nitrogen and oxygen atoms in total. The fourth-order valence-corrected chi connectivity index (χ4v) is 3.38. The zero-order chi connectivity index (χ0) is 11.9. The van der Waals surface area contributed by atoms with Crippen molar-refractivity contribution in [1.82, 2.24) is 5.32 Å². The van der Waals surface area contributed by atoms with Crippen LogP contribution < -0.4 is 5.32 Å². The molecule has 2 aliphatic carbocycles. The number of hydrogen-bond acceptors (Lipinski definition) is 1. The Balaban J connectivity index is 1.54. The maximum atomic E-state index is 3.74. The molecule has 1 heteroatoms. The van der Waals surface area contributed by atoms with Gasteiger partial charge in [0.05, 0.1) is 0 Å². The lowest BCUT2D eigenvalue weighted by molar-refractivity contribution is 0.335. The third kappa shape index (κ3) is 4.99. The highest BCUT2D eigenvalue weighted by molar-refractivity contribution is 4.85. The van der Waals surface area contributed by atoms with Crippen LogP contribution in [0.15, 0.2) is 0 Å². The van der Waals surface area contributed by atoms with Crippen LogP contribution in [0.3, 0.4) is 0 Å². The van der Waals surface area contributed by atoms with E-state index in [9.17, 15) is 0 Å². The lowest BCUT2D eigenvalue weighted by Crippen LogP contribution is -2.26. The maximum Gasteiger partial charge on any atom is 0.00683 e. The van der Waals surface area contributed by atoms with E-state index in [1.54, 1.807) is 0 Å². The molecule has 2 aliphatic rings. The van der Waals surface area contributed by atoms with Gasteiger partial charge in [0.2, 0.25) is 0 Å². The summed E-state index contributed by atoms with van der Waals surface area (Å²) in [5, 5.41) is 3.74. The fraction of sp³-hybridized carbons (Fsp3) is 1.00. The molecular formula is C16H31N. The summed E-state index contributed by atoms with van der Waals surface area (Å²) in [4.78, 5) is 0. The first kappa shape index (κ1) is 13.4. The largest absolute Gasteiger partial charge is 0.314 e. The van der Waals surface area contributed by atoms with Crippen LogP contribution in [0, 0.1) is 11.8 Å². The van der Waals surface area contributed by atoms with E-state index in [2.05, 4.69) is 12.2 Å². The van der Waals surface area contributed by atoms with Crippen molar-refractivity contribution in [2.75, 3.05) is 6.54 Å². The molecule has 1 N–H and O–H groups in total. The fourth-order valence-electron chi connectivity index (χ4n) is 3.38.